The summed E-state index contributed by atoms with van der Waals surface area (Å²) in [4.78, 5) is 26.9. The molecule has 26 heavy (non-hydrogen) atoms. The Morgan fingerprint density at radius 3 is 2.69 bits per heavy atom. The van der Waals surface area contributed by atoms with Crippen LogP contribution >= 0.6 is 0 Å². The summed E-state index contributed by atoms with van der Waals surface area (Å²) < 4.78 is 6.51. The van der Waals surface area contributed by atoms with E-state index in [9.17, 15) is 20.0 Å². The Labute approximate surface area is 147 Å². The number of benzene rings is 1. The summed E-state index contributed by atoms with van der Waals surface area (Å²) >= 11 is 0. The highest BCUT2D eigenvalue weighted by molar-refractivity contribution is 5.59. The summed E-state index contributed by atoms with van der Waals surface area (Å²) in [5.74, 6) is 0.407. The molecular formula is C17H16N4O5. The first kappa shape index (κ1) is 17.4. The molecule has 9 nitrogen and oxygen atoms in total. The zero-order valence-electron chi connectivity index (χ0n) is 13.6. The summed E-state index contributed by atoms with van der Waals surface area (Å²) in [6.07, 6.45) is 0.454. The number of pyridine rings is 1. The maximum absolute atomic E-state index is 12.3. The first-order valence-corrected chi connectivity index (χ1v) is 7.82. The number of para-hydroxylation sites is 1. The van der Waals surface area contributed by atoms with Gasteiger partial charge in [-0.1, -0.05) is 24.3 Å². The van der Waals surface area contributed by atoms with E-state index in [0.29, 0.717) is 5.75 Å². The predicted molar refractivity (Wildman–Crippen MR) is 94.5 cm³/mol. The van der Waals surface area contributed by atoms with Gasteiger partial charge in [0.25, 0.3) is 0 Å². The van der Waals surface area contributed by atoms with Crippen molar-refractivity contribution < 1.29 is 14.8 Å². The number of aliphatic hydroxyl groups is 1. The molecule has 3 aromatic rings. The van der Waals surface area contributed by atoms with Crippen LogP contribution in [0.1, 0.15) is 0 Å². The lowest BCUT2D eigenvalue weighted by Crippen LogP contribution is -2.28. The Morgan fingerprint density at radius 2 is 1.96 bits per heavy atom. The molecule has 2 N–H and O–H groups in total. The molecule has 2 heterocycles. The van der Waals surface area contributed by atoms with Gasteiger partial charge in [-0.2, -0.15) is 0 Å². The van der Waals surface area contributed by atoms with Gasteiger partial charge in [-0.15, -0.1) is 0 Å². The number of anilines is 1. The van der Waals surface area contributed by atoms with Crippen molar-refractivity contribution in [1.82, 2.24) is 9.38 Å². The van der Waals surface area contributed by atoms with E-state index in [2.05, 4.69) is 10.3 Å². The molecular weight excluding hydrogens is 340 g/mol. The van der Waals surface area contributed by atoms with Crippen molar-refractivity contribution in [3.05, 3.63) is 75.2 Å². The molecule has 0 fully saturated rings. The van der Waals surface area contributed by atoms with Crippen LogP contribution in [0.3, 0.4) is 0 Å². The van der Waals surface area contributed by atoms with E-state index in [1.165, 1.54) is 6.20 Å². The third kappa shape index (κ3) is 3.78. The summed E-state index contributed by atoms with van der Waals surface area (Å²) in [6.45, 7) is -0.0828. The molecule has 0 amide bonds. The number of hydrogen-bond donors (Lipinski definition) is 2. The number of nitrogens with one attached hydrogen (secondary N) is 1. The number of ether oxygens (including phenoxy) is 1. The Hall–Kier alpha value is -3.46. The van der Waals surface area contributed by atoms with Gasteiger partial charge in [0, 0.05) is 12.7 Å². The van der Waals surface area contributed by atoms with Crippen LogP contribution < -0.4 is 15.6 Å². The van der Waals surface area contributed by atoms with Gasteiger partial charge in [0.15, 0.2) is 0 Å². The van der Waals surface area contributed by atoms with Gasteiger partial charge in [0.05, 0.1) is 4.92 Å². The van der Waals surface area contributed by atoms with E-state index in [1.807, 2.05) is 6.07 Å². The fourth-order valence-corrected chi connectivity index (χ4v) is 2.35. The van der Waals surface area contributed by atoms with Gasteiger partial charge in [0.2, 0.25) is 5.82 Å². The van der Waals surface area contributed by atoms with Crippen LogP contribution in [0.15, 0.2) is 59.5 Å². The van der Waals surface area contributed by atoms with Gasteiger partial charge in [-0.3, -0.25) is 19.3 Å². The van der Waals surface area contributed by atoms with Crippen molar-refractivity contribution in [3.63, 3.8) is 0 Å². The SMILES string of the molecule is O=c1c([N+](=O)[O-])c(NCC(O)COc2ccccc2)nc2ccccn12. The average molecular weight is 356 g/mol. The Morgan fingerprint density at radius 1 is 1.23 bits per heavy atom. The standard InChI is InChI=1S/C17H16N4O5/c22-12(11-26-13-6-2-1-3-7-13)10-18-16-15(21(24)25)17(23)20-9-5-4-8-14(20)19-16/h1-9,12,18,22H,10-11H2. The molecule has 1 aromatic carbocycles. The molecule has 134 valence electrons. The van der Waals surface area contributed by atoms with E-state index < -0.39 is 22.3 Å². The van der Waals surface area contributed by atoms with Gasteiger partial charge < -0.3 is 15.2 Å². The molecule has 3 rings (SSSR count). The second-order valence-electron chi connectivity index (χ2n) is 5.46. The van der Waals surface area contributed by atoms with E-state index in [-0.39, 0.29) is 24.6 Å². The number of aromatic nitrogens is 2. The van der Waals surface area contributed by atoms with Crippen LogP contribution in [0.25, 0.3) is 5.65 Å². The molecule has 0 aliphatic rings. The Balaban J connectivity index is 1.74. The largest absolute Gasteiger partial charge is 0.491 e. The van der Waals surface area contributed by atoms with Gasteiger partial charge in [-0.05, 0) is 24.3 Å². The minimum absolute atomic E-state index is 0.0165. The Kier molecular flexibility index (Phi) is 5.09. The predicted octanol–water partition coefficient (Wildman–Crippen LogP) is 1.45. The molecule has 0 bridgehead atoms. The molecule has 1 atom stereocenters. The minimum atomic E-state index is -0.953. The second kappa shape index (κ2) is 7.62. The van der Waals surface area contributed by atoms with Crippen LogP contribution in [-0.2, 0) is 0 Å². The van der Waals surface area contributed by atoms with E-state index in [0.717, 1.165) is 4.40 Å². The third-order valence-electron chi connectivity index (χ3n) is 3.58. The minimum Gasteiger partial charge on any atom is -0.491 e. The number of hydrogen-bond acceptors (Lipinski definition) is 7. The molecule has 0 spiro atoms. The van der Waals surface area contributed by atoms with E-state index in [4.69, 9.17) is 4.74 Å². The molecule has 9 heteroatoms. The van der Waals surface area contributed by atoms with Crippen molar-refractivity contribution >= 4 is 17.2 Å². The fraction of sp³-hybridized carbons (Fsp3) is 0.176. The highest BCUT2D eigenvalue weighted by atomic mass is 16.6. The molecule has 0 saturated heterocycles. The zero-order valence-corrected chi connectivity index (χ0v) is 13.6. The van der Waals surface area contributed by atoms with Gasteiger partial charge >= 0.3 is 11.2 Å². The molecule has 0 saturated carbocycles. The van der Waals surface area contributed by atoms with Crippen molar-refractivity contribution in [2.45, 2.75) is 6.10 Å². The van der Waals surface area contributed by atoms with Crippen LogP contribution in [-0.4, -0.2) is 38.7 Å². The number of nitrogens with zero attached hydrogens (tertiary/aromatic N) is 3. The number of aliphatic hydroxyl groups excluding tert-OH is 1. The maximum Gasteiger partial charge on any atom is 0.376 e. The quantitative estimate of drug-likeness (QED) is 0.486. The first-order chi connectivity index (χ1) is 12.6. The van der Waals surface area contributed by atoms with Crippen molar-refractivity contribution in [2.75, 3.05) is 18.5 Å². The van der Waals surface area contributed by atoms with Crippen molar-refractivity contribution in [2.24, 2.45) is 0 Å². The summed E-state index contributed by atoms with van der Waals surface area (Å²) in [5, 5.41) is 23.9. The monoisotopic (exact) mass is 356 g/mol. The summed E-state index contributed by atoms with van der Waals surface area (Å²) in [5.41, 5.74) is -1.20. The highest BCUT2D eigenvalue weighted by Gasteiger charge is 2.23. The lowest BCUT2D eigenvalue weighted by molar-refractivity contribution is -0.385. The molecule has 0 aliphatic carbocycles. The maximum atomic E-state index is 12.3. The lowest BCUT2D eigenvalue weighted by atomic mass is 10.3. The van der Waals surface area contributed by atoms with Crippen molar-refractivity contribution in [3.8, 4) is 5.75 Å². The first-order valence-electron chi connectivity index (χ1n) is 7.82. The van der Waals surface area contributed by atoms with Crippen LogP contribution in [0.4, 0.5) is 11.5 Å². The number of nitro groups is 1. The van der Waals surface area contributed by atoms with E-state index in [1.54, 1.807) is 42.5 Å². The summed E-state index contributed by atoms with van der Waals surface area (Å²) in [7, 11) is 0. The van der Waals surface area contributed by atoms with E-state index >= 15 is 0 Å². The molecule has 0 aliphatic heterocycles. The smallest absolute Gasteiger partial charge is 0.376 e. The third-order valence-corrected chi connectivity index (χ3v) is 3.58. The van der Waals surface area contributed by atoms with Gasteiger partial charge in [0.1, 0.15) is 24.1 Å². The fourth-order valence-electron chi connectivity index (χ4n) is 2.35. The lowest BCUT2D eigenvalue weighted by Gasteiger charge is -2.14. The molecule has 2 aromatic heterocycles. The highest BCUT2D eigenvalue weighted by Crippen LogP contribution is 2.18. The molecule has 1 unspecified atom stereocenters. The topological polar surface area (TPSA) is 119 Å². The number of rotatable bonds is 7. The average Bonchev–Trinajstić information content (AvgIpc) is 2.65. The normalized spacial score (nSPS) is 11.9. The zero-order chi connectivity index (χ0) is 18.5. The van der Waals surface area contributed by atoms with Crippen molar-refractivity contribution in [1.29, 1.82) is 0 Å². The second-order valence-corrected chi connectivity index (χ2v) is 5.46. The number of fused-ring (bicyclic) bond motifs is 1. The van der Waals surface area contributed by atoms with Crippen LogP contribution in [0.2, 0.25) is 0 Å². The van der Waals surface area contributed by atoms with Crippen LogP contribution in [0, 0.1) is 10.1 Å². The molecule has 0 radical (unpaired) electrons. The Bertz CT molecular complexity index is 974. The van der Waals surface area contributed by atoms with Crippen LogP contribution in [0.5, 0.6) is 5.75 Å². The van der Waals surface area contributed by atoms with Gasteiger partial charge in [-0.25, -0.2) is 4.98 Å². The summed E-state index contributed by atoms with van der Waals surface area (Å²) in [6, 6.07) is 13.7.